The highest BCUT2D eigenvalue weighted by Crippen LogP contribution is 2.26. The number of carboxylic acids is 1. The number of carboxylic acid groups (broad SMARTS) is 1. The lowest BCUT2D eigenvalue weighted by atomic mass is 9.89. The van der Waals surface area contributed by atoms with Crippen LogP contribution in [0.3, 0.4) is 0 Å². The van der Waals surface area contributed by atoms with Gasteiger partial charge in [0.05, 0.1) is 5.71 Å². The van der Waals surface area contributed by atoms with Crippen LogP contribution in [0.5, 0.6) is 0 Å². The molecule has 3 aromatic rings. The zero-order chi connectivity index (χ0) is 19.3. The van der Waals surface area contributed by atoms with E-state index in [0.717, 1.165) is 35.5 Å². The Bertz CT molecular complexity index is 1230. The molecule has 28 heavy (non-hydrogen) atoms. The summed E-state index contributed by atoms with van der Waals surface area (Å²) >= 11 is 1.16. The Morgan fingerprint density at radius 1 is 1.25 bits per heavy atom. The Morgan fingerprint density at radius 3 is 2.86 bits per heavy atom. The minimum Gasteiger partial charge on any atom is -0.480 e. The lowest BCUT2D eigenvalue weighted by molar-refractivity contribution is -0.141. The smallest absolute Gasteiger partial charge is 0.328 e. The van der Waals surface area contributed by atoms with Gasteiger partial charge >= 0.3 is 5.97 Å². The van der Waals surface area contributed by atoms with Gasteiger partial charge in [-0.2, -0.15) is 14.7 Å². The number of nitrogens with zero attached hydrogens (tertiary/aromatic N) is 5. The van der Waals surface area contributed by atoms with E-state index in [1.807, 2.05) is 6.07 Å². The molecule has 0 spiro atoms. The average molecular weight is 395 g/mol. The summed E-state index contributed by atoms with van der Waals surface area (Å²) in [7, 11) is 0. The van der Waals surface area contributed by atoms with Crippen LogP contribution in [0.1, 0.15) is 36.0 Å². The fourth-order valence-corrected chi connectivity index (χ4v) is 4.67. The molecule has 1 aromatic carbocycles. The average Bonchev–Trinajstić information content (AvgIpc) is 3.39. The lowest BCUT2D eigenvalue weighted by Crippen LogP contribution is -2.34. The van der Waals surface area contributed by atoms with Gasteiger partial charge in [0, 0.05) is 12.6 Å². The highest BCUT2D eigenvalue weighted by atomic mass is 32.1. The number of benzene rings is 1. The van der Waals surface area contributed by atoms with Crippen molar-refractivity contribution in [2.24, 2.45) is 5.10 Å². The number of thiazole rings is 1. The van der Waals surface area contributed by atoms with Crippen molar-refractivity contribution in [3.05, 3.63) is 56.1 Å². The second-order valence-corrected chi connectivity index (χ2v) is 8.04. The largest absolute Gasteiger partial charge is 0.480 e. The third-order valence-electron chi connectivity index (χ3n) is 5.28. The molecule has 142 valence electrons. The van der Waals surface area contributed by atoms with Crippen LogP contribution >= 0.6 is 11.3 Å². The van der Waals surface area contributed by atoms with Crippen molar-refractivity contribution >= 4 is 34.2 Å². The molecular weight excluding hydrogens is 378 g/mol. The molecule has 2 aromatic heterocycles. The second kappa shape index (κ2) is 6.52. The van der Waals surface area contributed by atoms with Crippen LogP contribution in [0.25, 0.3) is 11.2 Å². The number of rotatable bonds is 3. The Hall–Kier alpha value is -3.07. The first kappa shape index (κ1) is 17.1. The van der Waals surface area contributed by atoms with E-state index in [1.165, 1.54) is 46.0 Å². The summed E-state index contributed by atoms with van der Waals surface area (Å²) in [5.41, 5.74) is 4.06. The number of carbonyl (C=O) groups is 1. The number of hydrazone groups is 1. The maximum atomic E-state index is 12.4. The third kappa shape index (κ3) is 2.78. The summed E-state index contributed by atoms with van der Waals surface area (Å²) in [4.78, 5) is 28.6. The third-order valence-corrected chi connectivity index (χ3v) is 6.24. The molecule has 0 radical (unpaired) electrons. The summed E-state index contributed by atoms with van der Waals surface area (Å²) in [6, 6.07) is 5.45. The van der Waals surface area contributed by atoms with Gasteiger partial charge in [-0.1, -0.05) is 23.5 Å². The molecule has 1 atom stereocenters. The van der Waals surface area contributed by atoms with Crippen molar-refractivity contribution in [2.75, 3.05) is 0 Å². The lowest BCUT2D eigenvalue weighted by Gasteiger charge is -2.16. The van der Waals surface area contributed by atoms with Gasteiger partial charge in [-0.3, -0.25) is 9.80 Å². The van der Waals surface area contributed by atoms with Gasteiger partial charge in [-0.25, -0.2) is 9.78 Å². The normalized spacial score (nSPS) is 19.9. The highest BCUT2D eigenvalue weighted by molar-refractivity contribution is 7.14. The molecule has 5 rings (SSSR count). The van der Waals surface area contributed by atoms with Gasteiger partial charge < -0.3 is 5.11 Å². The fourth-order valence-electron chi connectivity index (χ4n) is 3.82. The fraction of sp³-hybridized carbons (Fsp3) is 0.316. The van der Waals surface area contributed by atoms with Gasteiger partial charge in [0.1, 0.15) is 10.9 Å². The van der Waals surface area contributed by atoms with Crippen molar-refractivity contribution in [2.45, 2.75) is 38.1 Å². The SMILES string of the molecule is O=C(O)[C@H]1CC(c2ccc3c(c2)CCCC3)=NN1/C=c1\sc2ncnn2c1=O. The zero-order valence-electron chi connectivity index (χ0n) is 14.9. The van der Waals surface area contributed by atoms with E-state index in [9.17, 15) is 14.7 Å². The molecule has 9 heteroatoms. The highest BCUT2D eigenvalue weighted by Gasteiger charge is 2.32. The summed E-state index contributed by atoms with van der Waals surface area (Å²) < 4.78 is 1.56. The molecular formula is C19H17N5O3S. The molecule has 8 nitrogen and oxygen atoms in total. The quantitative estimate of drug-likeness (QED) is 0.712. The van der Waals surface area contributed by atoms with Crippen LogP contribution in [0.4, 0.5) is 0 Å². The van der Waals surface area contributed by atoms with Gasteiger partial charge in [0.2, 0.25) is 4.96 Å². The second-order valence-electron chi connectivity index (χ2n) is 7.03. The maximum Gasteiger partial charge on any atom is 0.328 e. The summed E-state index contributed by atoms with van der Waals surface area (Å²) in [6.07, 6.45) is 7.65. The maximum absolute atomic E-state index is 12.4. The van der Waals surface area contributed by atoms with E-state index >= 15 is 0 Å². The van der Waals surface area contributed by atoms with E-state index in [1.54, 1.807) is 0 Å². The first-order valence-electron chi connectivity index (χ1n) is 9.15. The molecule has 0 amide bonds. The van der Waals surface area contributed by atoms with Crippen molar-refractivity contribution in [1.82, 2.24) is 19.6 Å². The molecule has 2 aliphatic rings. The Balaban J connectivity index is 1.55. The Morgan fingerprint density at radius 2 is 2.07 bits per heavy atom. The number of hydrogen-bond acceptors (Lipinski definition) is 7. The predicted molar refractivity (Wildman–Crippen MR) is 104 cm³/mol. The van der Waals surface area contributed by atoms with Crippen molar-refractivity contribution in [3.63, 3.8) is 0 Å². The predicted octanol–water partition coefficient (Wildman–Crippen LogP) is 1.05. The number of aliphatic carboxylic acids is 1. The van der Waals surface area contributed by atoms with E-state index in [4.69, 9.17) is 0 Å². The summed E-state index contributed by atoms with van der Waals surface area (Å²) in [5, 5.41) is 19.4. The Labute approximate surface area is 163 Å². The summed E-state index contributed by atoms with van der Waals surface area (Å²) in [6.45, 7) is 0. The number of aryl methyl sites for hydroxylation is 2. The van der Waals surface area contributed by atoms with Gasteiger partial charge in [-0.15, -0.1) is 0 Å². The van der Waals surface area contributed by atoms with Crippen molar-refractivity contribution in [3.8, 4) is 0 Å². The number of hydrogen-bond donors (Lipinski definition) is 1. The van der Waals surface area contributed by atoms with Crippen LogP contribution in [0, 0.1) is 0 Å². The number of aromatic nitrogens is 3. The molecule has 0 saturated carbocycles. The van der Waals surface area contributed by atoms with E-state index in [2.05, 4.69) is 27.3 Å². The van der Waals surface area contributed by atoms with Gasteiger partial charge in [0.25, 0.3) is 5.56 Å². The van der Waals surface area contributed by atoms with E-state index in [0.29, 0.717) is 15.9 Å². The first-order chi connectivity index (χ1) is 13.6. The van der Waals surface area contributed by atoms with Crippen LogP contribution in [0.2, 0.25) is 0 Å². The minimum atomic E-state index is -0.972. The standard InChI is InChI=1S/C19H17N5O3S/c25-17-16(28-19-20-10-21-24(17)19)9-23-15(18(26)27)8-14(22-23)13-6-5-11-3-1-2-4-12(11)7-13/h5-7,9-10,15H,1-4,8H2,(H,26,27)/b16-9-/t15-/m1/s1. The van der Waals surface area contributed by atoms with Crippen LogP contribution < -0.4 is 10.1 Å². The molecule has 0 unspecified atom stereocenters. The molecule has 1 aliphatic heterocycles. The zero-order valence-corrected chi connectivity index (χ0v) is 15.7. The van der Waals surface area contributed by atoms with Crippen LogP contribution in [0.15, 0.2) is 34.4 Å². The number of fused-ring (bicyclic) bond motifs is 2. The van der Waals surface area contributed by atoms with E-state index < -0.39 is 12.0 Å². The molecule has 0 fully saturated rings. The molecule has 1 aliphatic carbocycles. The van der Waals surface area contributed by atoms with Crippen LogP contribution in [-0.2, 0) is 17.6 Å². The minimum absolute atomic E-state index is 0.291. The van der Waals surface area contributed by atoms with Crippen LogP contribution in [-0.4, -0.2) is 42.4 Å². The topological polar surface area (TPSA) is 100 Å². The van der Waals surface area contributed by atoms with Gasteiger partial charge in [0.15, 0.2) is 6.04 Å². The molecule has 3 heterocycles. The Kier molecular flexibility index (Phi) is 3.97. The first-order valence-corrected chi connectivity index (χ1v) is 9.97. The molecule has 0 bridgehead atoms. The molecule has 1 N–H and O–H groups in total. The van der Waals surface area contributed by atoms with Crippen molar-refractivity contribution in [1.29, 1.82) is 0 Å². The summed E-state index contributed by atoms with van der Waals surface area (Å²) in [5.74, 6) is -0.972. The van der Waals surface area contributed by atoms with E-state index in [-0.39, 0.29) is 5.56 Å². The van der Waals surface area contributed by atoms with Gasteiger partial charge in [-0.05, 0) is 48.4 Å². The monoisotopic (exact) mass is 395 g/mol. The molecule has 0 saturated heterocycles. The van der Waals surface area contributed by atoms with Crippen molar-refractivity contribution < 1.29 is 9.90 Å².